The van der Waals surface area contributed by atoms with Gasteiger partial charge in [-0.15, -0.1) is 0 Å². The number of hydrogen-bond donors (Lipinski definition) is 0. The molecule has 1 saturated heterocycles. The van der Waals surface area contributed by atoms with Gasteiger partial charge in [0.1, 0.15) is 0 Å². The van der Waals surface area contributed by atoms with Crippen molar-refractivity contribution < 1.29 is 32.1 Å². The van der Waals surface area contributed by atoms with Crippen LogP contribution in [-0.2, 0) is 58.9 Å². The monoisotopic (exact) mass is 522 g/mol. The minimum Gasteiger partial charge on any atom is -0.800 e. The summed E-state index contributed by atoms with van der Waals surface area (Å²) in [6.07, 6.45) is 0.253. The first-order chi connectivity index (χ1) is 9.97. The van der Waals surface area contributed by atoms with Crippen LogP contribution in [0.1, 0.15) is 5.56 Å². The van der Waals surface area contributed by atoms with Gasteiger partial charge in [0.05, 0.1) is 11.3 Å². The van der Waals surface area contributed by atoms with Crippen molar-refractivity contribution in [3.8, 4) is 0 Å². The Bertz CT molecular complexity index is 520. The normalized spacial score (nSPS) is 15.5. The van der Waals surface area contributed by atoms with Crippen molar-refractivity contribution >= 4 is 36.9 Å². The summed E-state index contributed by atoms with van der Waals surface area (Å²) in [5.41, 5.74) is 0.805. The van der Waals surface area contributed by atoms with Crippen molar-refractivity contribution in [3.63, 3.8) is 0 Å². The Kier molecular flexibility index (Phi) is 7.95. The Labute approximate surface area is 155 Å². The summed E-state index contributed by atoms with van der Waals surface area (Å²) in [6.45, 7) is 2.64. The molecule has 0 bridgehead atoms. The third-order valence-electron chi connectivity index (χ3n) is 3.47. The molecule has 22 heavy (non-hydrogen) atoms. The molecule has 0 spiro atoms. The van der Waals surface area contributed by atoms with Crippen LogP contribution in [0.15, 0.2) is 24.3 Å². The Balaban J connectivity index is 0.00000242. The second-order valence-corrected chi connectivity index (χ2v) is 6.02. The van der Waals surface area contributed by atoms with Gasteiger partial charge >= 0.3 is 0 Å². The molecule has 1 aliphatic heterocycles. The van der Waals surface area contributed by atoms with Gasteiger partial charge in [0.15, 0.2) is 0 Å². The Morgan fingerprint density at radius 3 is 2.18 bits per heavy atom. The van der Waals surface area contributed by atoms with Crippen LogP contribution in [0, 0.1) is 10.1 Å². The zero-order chi connectivity index (χ0) is 15.4. The molecule has 6 nitrogen and oxygen atoms in total. The molecule has 9 heteroatoms. The Morgan fingerprint density at radius 1 is 1.18 bits per heavy atom. The van der Waals surface area contributed by atoms with E-state index >= 15 is 0 Å². The number of non-ortho nitro benzene ring substituents is 1. The Morgan fingerprint density at radius 2 is 1.73 bits per heavy atom. The number of hydrogen-bond acceptors (Lipinski definition) is 6. The smallest absolute Gasteiger partial charge is 0.269 e. The number of benzene rings is 1. The van der Waals surface area contributed by atoms with Gasteiger partial charge in [-0.3, -0.25) is 14.9 Å². The predicted octanol–water partition coefficient (Wildman–Crippen LogP) is 0.656. The van der Waals surface area contributed by atoms with Crippen molar-refractivity contribution in [1.29, 1.82) is 0 Å². The van der Waals surface area contributed by atoms with E-state index in [0.29, 0.717) is 26.2 Å². The van der Waals surface area contributed by atoms with E-state index < -0.39 is 4.92 Å². The number of nitro benzene ring substituents is 1. The molecular weight excluding hydrogens is 507 g/mol. The molecule has 0 N–H and O–H groups in total. The van der Waals surface area contributed by atoms with E-state index in [4.69, 9.17) is 25.3 Å². The summed E-state index contributed by atoms with van der Waals surface area (Å²) >= 11 is 10.0. The third-order valence-corrected chi connectivity index (χ3v) is 4.06. The Hall–Kier alpha value is -0.510. The van der Waals surface area contributed by atoms with Crippen LogP contribution >= 0.6 is 0 Å². The second-order valence-electron chi connectivity index (χ2n) is 4.82. The van der Waals surface area contributed by atoms with Crippen molar-refractivity contribution in [1.82, 2.24) is 9.80 Å². The van der Waals surface area contributed by atoms with Gasteiger partial charge in [-0.25, -0.2) is 4.71 Å². The number of amides is 1. The largest absolute Gasteiger partial charge is 0.800 e. The average molecular weight is 522 g/mol. The summed E-state index contributed by atoms with van der Waals surface area (Å²) < 4.78 is -0.322. The van der Waals surface area contributed by atoms with Crippen LogP contribution in [0.5, 0.6) is 0 Å². The van der Waals surface area contributed by atoms with Gasteiger partial charge in [0.2, 0.25) is 5.91 Å². The van der Waals surface area contributed by atoms with Crippen LogP contribution in [0.3, 0.4) is 0 Å². The maximum Gasteiger partial charge on any atom is 0.269 e. The molecule has 2 rings (SSSR count). The van der Waals surface area contributed by atoms with Crippen molar-refractivity contribution in [2.45, 2.75) is 11.1 Å². The SMILES string of the molecule is O=C(Cc1ccc([N+](=O)[O-])cc1)N1CCN(C([S-])[S-])CC1.[Au]. The maximum atomic E-state index is 12.2. The van der Waals surface area contributed by atoms with Crippen LogP contribution in [0.25, 0.3) is 0 Å². The topological polar surface area (TPSA) is 66.7 Å². The summed E-state index contributed by atoms with van der Waals surface area (Å²) in [5.74, 6) is 0.0220. The third kappa shape index (κ3) is 5.29. The van der Waals surface area contributed by atoms with E-state index in [1.807, 2.05) is 4.90 Å². The summed E-state index contributed by atoms with van der Waals surface area (Å²) in [6, 6.07) is 6.07. The zero-order valence-electron chi connectivity index (χ0n) is 11.6. The first kappa shape index (κ1) is 19.5. The number of carbonyl (C=O) groups excluding carboxylic acids is 1. The standard InChI is InChI=1S/C13H17N3O3S2.Au/c17-12(14-5-7-15(8-6-14)13(20)21)9-10-1-3-11(4-2-10)16(18)19;/h1-4,13,20-21H,5-9H2;/p-2. The number of rotatable bonds is 4. The fourth-order valence-electron chi connectivity index (χ4n) is 2.20. The summed E-state index contributed by atoms with van der Waals surface area (Å²) in [4.78, 5) is 26.1. The van der Waals surface area contributed by atoms with E-state index in [0.717, 1.165) is 5.56 Å². The molecule has 0 saturated carbocycles. The van der Waals surface area contributed by atoms with Gasteiger partial charge in [-0.05, 0) is 5.56 Å². The molecule has 1 aromatic rings. The van der Waals surface area contributed by atoms with E-state index in [-0.39, 0.29) is 45.1 Å². The number of nitrogens with zero attached hydrogens (tertiary/aromatic N) is 3. The molecule has 0 aromatic heterocycles. The van der Waals surface area contributed by atoms with Gasteiger partial charge in [0.25, 0.3) is 5.69 Å². The molecular formula is C13H15AuN3O3S2-2. The molecule has 1 fully saturated rings. The van der Waals surface area contributed by atoms with Gasteiger partial charge in [-0.2, -0.15) is 0 Å². The molecule has 1 aromatic carbocycles. The molecule has 0 aliphatic carbocycles. The fourth-order valence-corrected chi connectivity index (χ4v) is 2.63. The van der Waals surface area contributed by atoms with Crippen LogP contribution in [0.4, 0.5) is 5.69 Å². The minimum atomic E-state index is -0.454. The van der Waals surface area contributed by atoms with E-state index in [1.54, 1.807) is 17.0 Å². The molecule has 1 heterocycles. The van der Waals surface area contributed by atoms with Gasteiger partial charge in [-0.1, -0.05) is 12.1 Å². The van der Waals surface area contributed by atoms with Crippen molar-refractivity contribution in [2.75, 3.05) is 26.2 Å². The molecule has 1 radical (unpaired) electrons. The zero-order valence-corrected chi connectivity index (χ0v) is 15.4. The molecule has 0 unspecified atom stereocenters. The summed E-state index contributed by atoms with van der Waals surface area (Å²) in [5, 5.41) is 10.6. The molecule has 1 amide bonds. The first-order valence-electron chi connectivity index (χ1n) is 6.54. The average Bonchev–Trinajstić information content (AvgIpc) is 2.47. The molecule has 1 aliphatic rings. The second kappa shape index (κ2) is 8.95. The first-order valence-corrected chi connectivity index (χ1v) is 7.48. The van der Waals surface area contributed by atoms with E-state index in [1.165, 1.54) is 12.1 Å². The molecule has 125 valence electrons. The number of piperazine rings is 1. The summed E-state index contributed by atoms with van der Waals surface area (Å²) in [7, 11) is 0. The quantitative estimate of drug-likeness (QED) is 0.251. The molecule has 0 atom stereocenters. The van der Waals surface area contributed by atoms with E-state index in [9.17, 15) is 14.9 Å². The minimum absolute atomic E-state index is 0. The maximum absolute atomic E-state index is 12.2. The van der Waals surface area contributed by atoms with Gasteiger partial charge < -0.3 is 35.1 Å². The fraction of sp³-hybridized carbons (Fsp3) is 0.462. The van der Waals surface area contributed by atoms with Crippen LogP contribution in [-0.4, -0.2) is 51.5 Å². The van der Waals surface area contributed by atoms with E-state index in [2.05, 4.69) is 0 Å². The van der Waals surface area contributed by atoms with Crippen LogP contribution in [0.2, 0.25) is 0 Å². The van der Waals surface area contributed by atoms with Gasteiger partial charge in [0, 0.05) is 60.7 Å². The van der Waals surface area contributed by atoms with Crippen molar-refractivity contribution in [2.24, 2.45) is 0 Å². The van der Waals surface area contributed by atoms with Crippen molar-refractivity contribution in [3.05, 3.63) is 39.9 Å². The number of carbonyl (C=O) groups is 1. The van der Waals surface area contributed by atoms with Crippen LogP contribution < -0.4 is 0 Å². The number of nitro groups is 1. The predicted molar refractivity (Wildman–Crippen MR) is 83.5 cm³/mol.